The van der Waals surface area contributed by atoms with Crippen LogP contribution in [0.2, 0.25) is 5.02 Å². The number of halogens is 1. The molecule has 0 fully saturated rings. The predicted octanol–water partition coefficient (Wildman–Crippen LogP) is 3.83. The molecule has 0 saturated carbocycles. The number of anilines is 1. The van der Waals surface area contributed by atoms with Crippen molar-refractivity contribution in [2.75, 3.05) is 18.0 Å². The molecule has 1 heterocycles. The molecule has 0 unspecified atom stereocenters. The lowest BCUT2D eigenvalue weighted by Crippen LogP contribution is -2.28. The van der Waals surface area contributed by atoms with Gasteiger partial charge in [0.25, 0.3) is 5.91 Å². The molecule has 1 N–H and O–H groups in total. The molecule has 0 atom stereocenters. The summed E-state index contributed by atoms with van der Waals surface area (Å²) in [5, 5.41) is 3.12. The molecule has 1 amide bonds. The highest BCUT2D eigenvalue weighted by atomic mass is 35.5. The zero-order valence-corrected chi connectivity index (χ0v) is 17.1. The Morgan fingerprint density at radius 1 is 1.26 bits per heavy atom. The topological polar surface area (TPSA) is 67.4 Å². The number of nitrogens with one attached hydrogen (secondary N) is 1. The number of ether oxygens (including phenoxy) is 1. The lowest BCUT2D eigenvalue weighted by Gasteiger charge is -2.19. The van der Waals surface area contributed by atoms with Gasteiger partial charge in [0.2, 0.25) is 5.95 Å². The lowest BCUT2D eigenvalue weighted by atomic mass is 10.1. The maximum Gasteiger partial charge on any atom is 0.271 e. The van der Waals surface area contributed by atoms with Crippen LogP contribution in [0.5, 0.6) is 0 Å². The van der Waals surface area contributed by atoms with Crippen molar-refractivity contribution in [3.63, 3.8) is 0 Å². The fourth-order valence-electron chi connectivity index (χ4n) is 2.53. The number of rotatable bonds is 9. The van der Waals surface area contributed by atoms with Gasteiger partial charge in [0, 0.05) is 19.6 Å². The van der Waals surface area contributed by atoms with Crippen LogP contribution in [-0.4, -0.2) is 35.1 Å². The standard InChI is InChI=1S/C20H27ClN4O2/c1-5-25(6-2)20-23-12-17(21)18(24-20)19(26)22-11-15-8-7-9-16(10-15)13-27-14(3)4/h7-10,12,14H,5-6,11,13H2,1-4H3,(H,22,26). The molecule has 0 bridgehead atoms. The minimum Gasteiger partial charge on any atom is -0.374 e. The van der Waals surface area contributed by atoms with E-state index in [0.29, 0.717) is 19.1 Å². The van der Waals surface area contributed by atoms with Crippen molar-refractivity contribution >= 4 is 23.5 Å². The SMILES string of the molecule is CCN(CC)c1ncc(Cl)c(C(=O)NCc2cccc(COC(C)C)c2)n1. The van der Waals surface area contributed by atoms with Crippen LogP contribution in [0.25, 0.3) is 0 Å². The normalized spacial score (nSPS) is 10.9. The maximum atomic E-state index is 12.6. The summed E-state index contributed by atoms with van der Waals surface area (Å²) in [7, 11) is 0. The minimum absolute atomic E-state index is 0.174. The van der Waals surface area contributed by atoms with Gasteiger partial charge in [-0.1, -0.05) is 35.9 Å². The van der Waals surface area contributed by atoms with Crippen LogP contribution < -0.4 is 10.2 Å². The van der Waals surface area contributed by atoms with E-state index in [2.05, 4.69) is 15.3 Å². The number of hydrogen-bond donors (Lipinski definition) is 1. The Bertz CT molecular complexity index is 763. The van der Waals surface area contributed by atoms with Crippen LogP contribution >= 0.6 is 11.6 Å². The van der Waals surface area contributed by atoms with E-state index in [1.165, 1.54) is 6.20 Å². The third-order valence-electron chi connectivity index (χ3n) is 4.02. The van der Waals surface area contributed by atoms with Crippen molar-refractivity contribution in [2.24, 2.45) is 0 Å². The van der Waals surface area contributed by atoms with Crippen LogP contribution in [-0.2, 0) is 17.9 Å². The second-order valence-electron chi connectivity index (χ2n) is 6.40. The summed E-state index contributed by atoms with van der Waals surface area (Å²) in [6, 6.07) is 7.94. The number of amides is 1. The van der Waals surface area contributed by atoms with Crippen molar-refractivity contribution in [3.8, 4) is 0 Å². The Balaban J connectivity index is 2.05. The second-order valence-corrected chi connectivity index (χ2v) is 6.81. The molecule has 2 rings (SSSR count). The molecular weight excluding hydrogens is 364 g/mol. The third-order valence-corrected chi connectivity index (χ3v) is 4.30. The monoisotopic (exact) mass is 390 g/mol. The van der Waals surface area contributed by atoms with E-state index in [1.807, 2.05) is 56.9 Å². The first-order valence-electron chi connectivity index (χ1n) is 9.19. The van der Waals surface area contributed by atoms with Crippen LogP contribution in [0.3, 0.4) is 0 Å². The Labute approximate surface area is 165 Å². The highest BCUT2D eigenvalue weighted by Gasteiger charge is 2.16. The van der Waals surface area contributed by atoms with Gasteiger partial charge in [-0.25, -0.2) is 9.97 Å². The summed E-state index contributed by atoms with van der Waals surface area (Å²) in [5.41, 5.74) is 2.24. The van der Waals surface area contributed by atoms with Gasteiger partial charge >= 0.3 is 0 Å². The van der Waals surface area contributed by atoms with Crippen molar-refractivity contribution in [2.45, 2.75) is 47.0 Å². The number of carbonyl (C=O) groups excluding carboxylic acids is 1. The second kappa shape index (κ2) is 10.2. The zero-order chi connectivity index (χ0) is 19.8. The summed E-state index contributed by atoms with van der Waals surface area (Å²) >= 11 is 6.14. The summed E-state index contributed by atoms with van der Waals surface area (Å²) in [5.74, 6) is 0.182. The van der Waals surface area contributed by atoms with Crippen molar-refractivity contribution in [3.05, 3.63) is 52.3 Å². The van der Waals surface area contributed by atoms with E-state index >= 15 is 0 Å². The predicted molar refractivity (Wildman–Crippen MR) is 108 cm³/mol. The first-order chi connectivity index (χ1) is 12.9. The number of benzene rings is 1. The smallest absolute Gasteiger partial charge is 0.271 e. The summed E-state index contributed by atoms with van der Waals surface area (Å²) in [6.45, 7) is 10.5. The Hall–Kier alpha value is -2.18. The molecule has 0 saturated heterocycles. The maximum absolute atomic E-state index is 12.6. The number of nitrogens with zero attached hydrogens (tertiary/aromatic N) is 3. The van der Waals surface area contributed by atoms with Crippen LogP contribution in [0.1, 0.15) is 49.3 Å². The van der Waals surface area contributed by atoms with Crippen molar-refractivity contribution < 1.29 is 9.53 Å². The molecule has 27 heavy (non-hydrogen) atoms. The van der Waals surface area contributed by atoms with E-state index in [-0.39, 0.29) is 22.7 Å². The third kappa shape index (κ3) is 6.19. The van der Waals surface area contributed by atoms with Gasteiger partial charge in [-0.3, -0.25) is 4.79 Å². The van der Waals surface area contributed by atoms with Gasteiger partial charge in [-0.05, 0) is 38.8 Å². The van der Waals surface area contributed by atoms with Crippen molar-refractivity contribution in [1.29, 1.82) is 0 Å². The Kier molecular flexibility index (Phi) is 8.00. The highest BCUT2D eigenvalue weighted by molar-refractivity contribution is 6.33. The average molecular weight is 391 g/mol. The summed E-state index contributed by atoms with van der Waals surface area (Å²) in [4.78, 5) is 23.1. The summed E-state index contributed by atoms with van der Waals surface area (Å²) in [6.07, 6.45) is 1.65. The molecule has 2 aromatic rings. The number of aromatic nitrogens is 2. The largest absolute Gasteiger partial charge is 0.374 e. The van der Waals surface area contributed by atoms with Crippen LogP contribution in [0, 0.1) is 0 Å². The Morgan fingerprint density at radius 3 is 2.63 bits per heavy atom. The fourth-order valence-corrected chi connectivity index (χ4v) is 2.71. The molecule has 1 aromatic heterocycles. The summed E-state index contributed by atoms with van der Waals surface area (Å²) < 4.78 is 5.62. The van der Waals surface area contributed by atoms with E-state index in [1.54, 1.807) is 0 Å². The first-order valence-corrected chi connectivity index (χ1v) is 9.57. The molecule has 7 heteroatoms. The van der Waals surface area contributed by atoms with E-state index in [0.717, 1.165) is 24.2 Å². The number of carbonyl (C=O) groups is 1. The highest BCUT2D eigenvalue weighted by Crippen LogP contribution is 2.17. The van der Waals surface area contributed by atoms with E-state index < -0.39 is 0 Å². The van der Waals surface area contributed by atoms with Gasteiger partial charge in [0.05, 0.1) is 23.9 Å². The van der Waals surface area contributed by atoms with Gasteiger partial charge in [0.15, 0.2) is 5.69 Å². The molecule has 146 valence electrons. The molecule has 6 nitrogen and oxygen atoms in total. The molecular formula is C20H27ClN4O2. The Morgan fingerprint density at radius 2 is 1.96 bits per heavy atom. The average Bonchev–Trinajstić information content (AvgIpc) is 2.67. The van der Waals surface area contributed by atoms with E-state index in [4.69, 9.17) is 16.3 Å². The molecule has 0 aliphatic rings. The molecule has 0 spiro atoms. The zero-order valence-electron chi connectivity index (χ0n) is 16.3. The quantitative estimate of drug-likeness (QED) is 0.704. The molecule has 0 radical (unpaired) electrons. The fraction of sp³-hybridized carbons (Fsp3) is 0.450. The van der Waals surface area contributed by atoms with Gasteiger partial charge in [-0.15, -0.1) is 0 Å². The minimum atomic E-state index is -0.320. The lowest BCUT2D eigenvalue weighted by molar-refractivity contribution is 0.0657. The van der Waals surface area contributed by atoms with Gasteiger partial charge < -0.3 is 15.0 Å². The first kappa shape index (κ1) is 21.1. The number of hydrogen-bond acceptors (Lipinski definition) is 5. The van der Waals surface area contributed by atoms with Crippen molar-refractivity contribution in [1.82, 2.24) is 15.3 Å². The van der Waals surface area contributed by atoms with Crippen LogP contribution in [0.4, 0.5) is 5.95 Å². The van der Waals surface area contributed by atoms with Crippen LogP contribution in [0.15, 0.2) is 30.5 Å². The van der Waals surface area contributed by atoms with Gasteiger partial charge in [-0.2, -0.15) is 0 Å². The van der Waals surface area contributed by atoms with Gasteiger partial charge in [0.1, 0.15) is 0 Å². The molecule has 0 aliphatic carbocycles. The molecule has 1 aromatic carbocycles. The molecule has 0 aliphatic heterocycles. The van der Waals surface area contributed by atoms with E-state index in [9.17, 15) is 4.79 Å².